The Hall–Kier alpha value is -6.25. The number of β-amino-alcohol motifs (C(OH)–C–C–N with tert-alkyl or cyclic N) is 1. The molecule has 5 N–H and O–H groups in total. The van der Waals surface area contributed by atoms with Gasteiger partial charge >= 0.3 is 0 Å². The number of para-hydroxylation sites is 1. The van der Waals surface area contributed by atoms with Crippen molar-refractivity contribution in [2.75, 3.05) is 63.0 Å². The first-order valence-corrected chi connectivity index (χ1v) is 29.7. The molecule has 5 atom stereocenters. The molecule has 5 fully saturated rings. The number of hydrogen-bond acceptors (Lipinski definition) is 16. The summed E-state index contributed by atoms with van der Waals surface area (Å²) in [5.41, 5.74) is 14.1. The van der Waals surface area contributed by atoms with E-state index in [1.54, 1.807) is 33.1 Å². The molecule has 0 bridgehead atoms. The van der Waals surface area contributed by atoms with Gasteiger partial charge in [0.25, 0.3) is 0 Å². The maximum absolute atomic E-state index is 14.4. The number of aromatic hydroxyl groups is 1. The number of benzene rings is 2. The number of amides is 2. The van der Waals surface area contributed by atoms with Crippen molar-refractivity contribution >= 4 is 34.8 Å². The van der Waals surface area contributed by atoms with Gasteiger partial charge in [-0.3, -0.25) is 9.59 Å². The van der Waals surface area contributed by atoms with E-state index in [0.29, 0.717) is 58.7 Å². The smallest absolute Gasteiger partial charge is 0.243 e. The first kappa shape index (κ1) is 54.7. The lowest BCUT2D eigenvalue weighted by molar-refractivity contribution is -0.141. The quantitative estimate of drug-likeness (QED) is 0.0675. The average molecular weight is 1100 g/mol. The molecule has 0 spiro atoms. The number of rotatable bonds is 17. The van der Waals surface area contributed by atoms with Crippen LogP contribution in [0.2, 0.25) is 0 Å². The van der Waals surface area contributed by atoms with Crippen LogP contribution in [-0.2, 0) is 14.3 Å². The molecule has 4 aromatic heterocycles. The molecular weight excluding hydrogens is 1020 g/mol. The molecule has 1 saturated carbocycles. The molecule has 19 heteroatoms. The van der Waals surface area contributed by atoms with Crippen LogP contribution in [0.1, 0.15) is 126 Å². The zero-order chi connectivity index (χ0) is 54.9. The van der Waals surface area contributed by atoms with E-state index >= 15 is 0 Å². The maximum atomic E-state index is 14.4. The molecule has 11 rings (SSSR count). The van der Waals surface area contributed by atoms with Gasteiger partial charge in [-0.1, -0.05) is 62.3 Å². The summed E-state index contributed by atoms with van der Waals surface area (Å²) in [5, 5.41) is 41.9. The van der Waals surface area contributed by atoms with Gasteiger partial charge in [-0.2, -0.15) is 5.10 Å². The zero-order valence-corrected chi connectivity index (χ0v) is 47.2. The summed E-state index contributed by atoms with van der Waals surface area (Å²) in [6.45, 7) is 17.5. The summed E-state index contributed by atoms with van der Waals surface area (Å²) in [4.78, 5) is 42.9. The van der Waals surface area contributed by atoms with Crippen LogP contribution >= 0.6 is 11.3 Å². The molecule has 6 aromatic rings. The number of phenols is 1. The fraction of sp³-hybridized carbons (Fsp3) is 0.550. The van der Waals surface area contributed by atoms with Gasteiger partial charge in [0, 0.05) is 69.6 Å². The Kier molecular flexibility index (Phi) is 16.5. The number of carbonyl (C=O) groups excluding carboxylic acids is 2. The summed E-state index contributed by atoms with van der Waals surface area (Å²) < 4.78 is 14.5. The van der Waals surface area contributed by atoms with Crippen LogP contribution in [0.5, 0.6) is 5.75 Å². The first-order chi connectivity index (χ1) is 38.2. The number of nitrogens with zero attached hydrogens (tertiary/aromatic N) is 10. The van der Waals surface area contributed by atoms with Gasteiger partial charge in [0.15, 0.2) is 17.4 Å². The number of piperidine rings is 3. The molecule has 8 heterocycles. The lowest BCUT2D eigenvalue weighted by Crippen LogP contribution is -2.52. The number of hydrogen-bond donors (Lipinski definition) is 4. The van der Waals surface area contributed by atoms with E-state index in [-0.39, 0.29) is 48.3 Å². The Balaban J connectivity index is 0.586. The fourth-order valence-electron chi connectivity index (χ4n) is 13.0. The zero-order valence-electron chi connectivity index (χ0n) is 46.4. The maximum Gasteiger partial charge on any atom is 0.243 e. The molecule has 2 amide bonds. The standard InChI is InChI=1S/C60H78N12O6S/c1-36(2)56(60(76)71-34-46(73)28-52(71)59(75)64-38(4)42-10-12-43(13-11-42)57-39(5)62-35-79-57)54-30-55(67-78-54)70-22-14-40(15-23-70)32-68-20-18-47(19-21-68)77-48-26-45(27-48)69-24-16-41(17-25-69)37(3)44-31-63-72(33-44)51-29-50(65-66-58(51)61)49-8-6-7-9-53(49)74/h6-13,29-31,33,35-38,40-41,45-48,52,56,73-74H,14-28,32,34H2,1-5H3,(H2,61,66)(H,64,75)/t37-,38+,45-,46-,48-,52+,56-/m1/s1. The number of nitrogen functional groups attached to an aromatic ring is 1. The van der Waals surface area contributed by atoms with Crippen LogP contribution in [0.3, 0.4) is 0 Å². The number of phenolic OH excluding ortho intramolecular Hbond substituents is 1. The van der Waals surface area contributed by atoms with Crippen molar-refractivity contribution in [3.8, 4) is 33.1 Å². The molecule has 4 saturated heterocycles. The van der Waals surface area contributed by atoms with E-state index in [9.17, 15) is 19.8 Å². The highest BCUT2D eigenvalue weighted by atomic mass is 32.1. The first-order valence-electron chi connectivity index (χ1n) is 28.8. The summed E-state index contributed by atoms with van der Waals surface area (Å²) in [6, 6.07) is 18.5. The van der Waals surface area contributed by atoms with E-state index < -0.39 is 18.1 Å². The number of anilines is 2. The molecule has 0 radical (unpaired) electrons. The molecule has 79 heavy (non-hydrogen) atoms. The largest absolute Gasteiger partial charge is 0.507 e. The van der Waals surface area contributed by atoms with Crippen LogP contribution in [0, 0.1) is 24.7 Å². The average Bonchev–Trinajstić information content (AvgIpc) is 4.35. The molecule has 420 valence electrons. The van der Waals surface area contributed by atoms with E-state index in [1.807, 2.05) is 87.9 Å². The van der Waals surface area contributed by atoms with E-state index in [1.165, 1.54) is 5.56 Å². The fourth-order valence-corrected chi connectivity index (χ4v) is 13.8. The second-order valence-corrected chi connectivity index (χ2v) is 24.4. The van der Waals surface area contributed by atoms with Gasteiger partial charge in [0.05, 0.1) is 52.3 Å². The SMILES string of the molecule is Cc1ncsc1-c1ccc([C@H](C)NC(=O)[C@@H]2C[C@@H](O)CN2C(=O)[C@@H](c2cc(N3CCC(CN4CCC(O[C@H]5C[C@H](N6CCC([C@@H](C)c7cnn(-c8cc(-c9ccccc9O)nnc8N)c7)CC6)C5)CC4)CC3)no2)C(C)C)cc1. The van der Waals surface area contributed by atoms with Crippen LogP contribution in [0.4, 0.5) is 11.6 Å². The minimum atomic E-state index is -0.797. The predicted octanol–water partition coefficient (Wildman–Crippen LogP) is 8.36. The number of carbonyl (C=O) groups is 2. The summed E-state index contributed by atoms with van der Waals surface area (Å²) in [7, 11) is 0. The number of aliphatic hydroxyl groups excluding tert-OH is 1. The van der Waals surface area contributed by atoms with Crippen molar-refractivity contribution in [1.82, 2.24) is 50.1 Å². The van der Waals surface area contributed by atoms with Gasteiger partial charge in [-0.05, 0) is 137 Å². The number of aryl methyl sites for hydroxylation is 1. The minimum Gasteiger partial charge on any atom is -0.507 e. The number of ether oxygens (including phenoxy) is 1. The van der Waals surface area contributed by atoms with Gasteiger partial charge in [-0.15, -0.1) is 21.5 Å². The molecule has 0 unspecified atom stereocenters. The van der Waals surface area contributed by atoms with Crippen LogP contribution in [0.15, 0.2) is 83.1 Å². The summed E-state index contributed by atoms with van der Waals surface area (Å²) in [6.07, 6.45) is 13.0. The van der Waals surface area contributed by atoms with Gasteiger partial charge in [0.1, 0.15) is 23.4 Å². The molecule has 5 aliphatic rings. The lowest BCUT2D eigenvalue weighted by Gasteiger charge is -2.47. The topological polar surface area (TPSA) is 217 Å². The highest BCUT2D eigenvalue weighted by Gasteiger charge is 2.44. The lowest BCUT2D eigenvalue weighted by atomic mass is 9.80. The van der Waals surface area contributed by atoms with Crippen molar-refractivity contribution < 1.29 is 29.1 Å². The van der Waals surface area contributed by atoms with Crippen molar-refractivity contribution in [3.05, 3.63) is 101 Å². The van der Waals surface area contributed by atoms with Crippen molar-refractivity contribution in [2.45, 2.75) is 141 Å². The third-order valence-electron chi connectivity index (χ3n) is 18.0. The Morgan fingerprint density at radius 2 is 1.63 bits per heavy atom. The third kappa shape index (κ3) is 12.1. The van der Waals surface area contributed by atoms with Crippen LogP contribution in [0.25, 0.3) is 27.4 Å². The number of nitrogens with two attached hydrogens (primary N) is 1. The molecular formula is C60H78N12O6S. The Morgan fingerprint density at radius 3 is 2.34 bits per heavy atom. The van der Waals surface area contributed by atoms with Gasteiger partial charge < -0.3 is 50.1 Å². The normalized spacial score (nSPS) is 23.2. The highest BCUT2D eigenvalue weighted by molar-refractivity contribution is 7.13. The van der Waals surface area contributed by atoms with Gasteiger partial charge in [0.2, 0.25) is 11.8 Å². The number of thiazole rings is 1. The van der Waals surface area contributed by atoms with Crippen molar-refractivity contribution in [3.63, 3.8) is 0 Å². The van der Waals surface area contributed by atoms with Crippen LogP contribution in [-0.4, -0.2) is 150 Å². The number of aromatic nitrogens is 6. The summed E-state index contributed by atoms with van der Waals surface area (Å²) >= 11 is 1.60. The molecule has 18 nitrogen and oxygen atoms in total. The molecule has 1 aliphatic carbocycles. The second kappa shape index (κ2) is 23.8. The molecule has 4 aliphatic heterocycles. The van der Waals surface area contributed by atoms with E-state index in [2.05, 4.69) is 58.6 Å². The molecule has 2 aromatic carbocycles. The van der Waals surface area contributed by atoms with Crippen molar-refractivity contribution in [1.29, 1.82) is 0 Å². The second-order valence-electron chi connectivity index (χ2n) is 23.5. The Labute approximate surface area is 467 Å². The Bertz CT molecular complexity index is 3020. The van der Waals surface area contributed by atoms with Crippen LogP contribution < -0.4 is 16.0 Å². The van der Waals surface area contributed by atoms with E-state index in [4.69, 9.17) is 15.0 Å². The number of nitrogens with one attached hydrogen (secondary N) is 1. The third-order valence-corrected chi connectivity index (χ3v) is 19.0. The number of aliphatic hydroxyl groups is 1. The predicted molar refractivity (Wildman–Crippen MR) is 305 cm³/mol. The summed E-state index contributed by atoms with van der Waals surface area (Å²) in [5.74, 6) is 1.94. The monoisotopic (exact) mass is 1090 g/mol. The van der Waals surface area contributed by atoms with Crippen molar-refractivity contribution in [2.24, 2.45) is 17.8 Å². The van der Waals surface area contributed by atoms with Gasteiger partial charge in [-0.25, -0.2) is 9.67 Å². The minimum absolute atomic E-state index is 0.0905. The Morgan fingerprint density at radius 1 is 0.886 bits per heavy atom. The highest BCUT2D eigenvalue weighted by Crippen LogP contribution is 2.39. The van der Waals surface area contributed by atoms with E-state index in [0.717, 1.165) is 125 Å². The number of likely N-dealkylation sites (tertiary alicyclic amines) is 3.